The summed E-state index contributed by atoms with van der Waals surface area (Å²) < 4.78 is 70.8. The van der Waals surface area contributed by atoms with E-state index < -0.39 is 35.7 Å². The van der Waals surface area contributed by atoms with Crippen LogP contribution < -0.4 is 15.4 Å². The first-order valence-corrected chi connectivity index (χ1v) is 15.8. The van der Waals surface area contributed by atoms with Gasteiger partial charge in [-0.15, -0.1) is 0 Å². The number of anilines is 1. The molecule has 0 aromatic heterocycles. The largest absolute Gasteiger partial charge is 0.496 e. The second-order valence-corrected chi connectivity index (χ2v) is 13.1. The number of aliphatic hydroxyl groups is 1. The first-order valence-electron chi connectivity index (χ1n) is 15.8. The van der Waals surface area contributed by atoms with E-state index in [4.69, 9.17) is 14.2 Å². The minimum absolute atomic E-state index is 0.0217. The van der Waals surface area contributed by atoms with Crippen LogP contribution in [0.15, 0.2) is 48.0 Å². The van der Waals surface area contributed by atoms with Crippen LogP contribution in [0.4, 0.5) is 23.2 Å². The van der Waals surface area contributed by atoms with Crippen LogP contribution in [0.1, 0.15) is 59.5 Å². The lowest BCUT2D eigenvalue weighted by atomic mass is 9.81. The highest BCUT2D eigenvalue weighted by atomic mass is 19.4. The molecule has 0 unspecified atom stereocenters. The lowest BCUT2D eigenvalue weighted by molar-refractivity contribution is -0.140. The molecule has 8 nitrogen and oxygen atoms in total. The fraction of sp³-hybridized carbons (Fsp3) is 0.529. The normalized spacial score (nSPS) is 32.5. The van der Waals surface area contributed by atoms with Gasteiger partial charge in [-0.05, 0) is 79.3 Å². The van der Waals surface area contributed by atoms with Gasteiger partial charge in [-0.3, -0.25) is 9.59 Å². The minimum Gasteiger partial charge on any atom is -0.496 e. The fourth-order valence-corrected chi connectivity index (χ4v) is 8.00. The van der Waals surface area contributed by atoms with E-state index in [1.807, 2.05) is 6.07 Å². The molecule has 2 bridgehead atoms. The van der Waals surface area contributed by atoms with E-state index in [1.54, 1.807) is 12.1 Å². The van der Waals surface area contributed by atoms with Gasteiger partial charge >= 0.3 is 6.18 Å². The number of alkyl halides is 3. The van der Waals surface area contributed by atoms with E-state index in [0.29, 0.717) is 36.0 Å². The zero-order valence-electron chi connectivity index (χ0n) is 25.2. The molecule has 2 aliphatic heterocycles. The summed E-state index contributed by atoms with van der Waals surface area (Å²) in [6.45, 7) is 0.535. The third-order valence-corrected chi connectivity index (χ3v) is 10.3. The molecule has 5 aliphatic rings. The number of benzene rings is 2. The van der Waals surface area contributed by atoms with Crippen molar-refractivity contribution in [1.82, 2.24) is 5.32 Å². The van der Waals surface area contributed by atoms with Crippen molar-refractivity contribution < 1.29 is 46.5 Å². The molecule has 2 heterocycles. The second kappa shape index (κ2) is 12.0. The number of fused-ring (bicyclic) bond motifs is 3. The summed E-state index contributed by atoms with van der Waals surface area (Å²) in [6.07, 6.45) is -0.138. The lowest BCUT2D eigenvalue weighted by Crippen LogP contribution is -2.45. The molecule has 3 aliphatic carbocycles. The predicted molar refractivity (Wildman–Crippen MR) is 158 cm³/mol. The smallest absolute Gasteiger partial charge is 0.419 e. The Bertz CT molecular complexity index is 1560. The van der Waals surface area contributed by atoms with E-state index in [2.05, 4.69) is 16.7 Å². The number of hydrogen-bond acceptors (Lipinski definition) is 6. The van der Waals surface area contributed by atoms with Crippen molar-refractivity contribution in [1.29, 1.82) is 0 Å². The van der Waals surface area contributed by atoms with Crippen molar-refractivity contribution in [2.24, 2.45) is 23.7 Å². The summed E-state index contributed by atoms with van der Waals surface area (Å²) in [4.78, 5) is 27.2. The highest BCUT2D eigenvalue weighted by Crippen LogP contribution is 2.55. The molecule has 5 fully saturated rings. The summed E-state index contributed by atoms with van der Waals surface area (Å²) in [5, 5.41) is 15.9. The van der Waals surface area contributed by atoms with E-state index in [1.165, 1.54) is 12.7 Å². The highest BCUT2D eigenvalue weighted by molar-refractivity contribution is 5.97. The van der Waals surface area contributed by atoms with Crippen LogP contribution in [-0.2, 0) is 20.4 Å². The third kappa shape index (κ3) is 5.79. The SMILES string of the molecule is COc1ccc([C@@H]2CO[C@H]3[C@@H]2OC[C@@H]3O)cc1C(=O)N[C@@H]1[C@@H](CC(=O)Nc2ccc(F)c(C(F)(F)F)c2)[C@H]2CC[C@@H]1/C2=C\C1CC1. The van der Waals surface area contributed by atoms with Crippen LogP contribution in [0.5, 0.6) is 5.75 Å². The fourth-order valence-electron chi connectivity index (χ4n) is 8.00. The average Bonchev–Trinajstić information content (AvgIpc) is 3.31. The maximum atomic E-state index is 14.0. The van der Waals surface area contributed by atoms with Crippen LogP contribution in [0, 0.1) is 29.5 Å². The molecular formula is C34H36F4N2O6. The van der Waals surface area contributed by atoms with Gasteiger partial charge in [0.1, 0.15) is 23.8 Å². The average molecular weight is 645 g/mol. The van der Waals surface area contributed by atoms with Crippen LogP contribution in [0.2, 0.25) is 0 Å². The van der Waals surface area contributed by atoms with Crippen molar-refractivity contribution in [3.8, 4) is 5.75 Å². The molecule has 0 spiro atoms. The van der Waals surface area contributed by atoms with Gasteiger partial charge in [0.05, 0.1) is 37.6 Å². The van der Waals surface area contributed by atoms with Gasteiger partial charge in [0, 0.05) is 30.0 Å². The molecule has 12 heteroatoms. The molecule has 246 valence electrons. The van der Waals surface area contributed by atoms with E-state index >= 15 is 0 Å². The molecule has 2 saturated heterocycles. The van der Waals surface area contributed by atoms with Gasteiger partial charge in [-0.2, -0.15) is 13.2 Å². The molecule has 7 rings (SSSR count). The standard InChI is InChI=1S/C34H36F4N2O6/c1-44-28-9-4-17(24-14-45-32-27(41)15-46-31(24)32)11-23(28)33(43)40-30-20-7-6-19(21(20)10-16-2-3-16)22(30)13-29(42)39-18-5-8-26(35)25(12-18)34(36,37)38/h4-5,8-12,16,19-20,22,24,27,30-32,41H,2-3,6-7,13-15H2,1H3,(H,39,42)(H,40,43)/b21-10-/t19-,20+,22-,24-,27-,30-,31+,32+/m0/s1. The number of nitrogens with one attached hydrogen (secondary N) is 2. The number of halogens is 4. The molecule has 2 amide bonds. The topological polar surface area (TPSA) is 106 Å². The Balaban J connectivity index is 1.12. The number of aliphatic hydroxyl groups excluding tert-OH is 1. The third-order valence-electron chi connectivity index (χ3n) is 10.3. The van der Waals surface area contributed by atoms with Crippen molar-refractivity contribution in [2.75, 3.05) is 25.6 Å². The minimum atomic E-state index is -4.90. The van der Waals surface area contributed by atoms with Crippen LogP contribution in [-0.4, -0.2) is 61.6 Å². The van der Waals surface area contributed by atoms with Gasteiger partial charge in [0.15, 0.2) is 0 Å². The van der Waals surface area contributed by atoms with Crippen LogP contribution >= 0.6 is 0 Å². The van der Waals surface area contributed by atoms with Crippen molar-refractivity contribution in [3.63, 3.8) is 0 Å². The Kier molecular flexibility index (Phi) is 8.09. The monoisotopic (exact) mass is 644 g/mol. The Hall–Kier alpha value is -3.48. The number of allylic oxidation sites excluding steroid dienone is 1. The Labute approximate surface area is 263 Å². The number of methoxy groups -OCH3 is 1. The number of ether oxygens (including phenoxy) is 3. The van der Waals surface area contributed by atoms with Crippen LogP contribution in [0.25, 0.3) is 0 Å². The first-order chi connectivity index (χ1) is 22.0. The van der Waals surface area contributed by atoms with E-state index in [9.17, 15) is 32.3 Å². The quantitative estimate of drug-likeness (QED) is 0.269. The van der Waals surface area contributed by atoms with E-state index in [-0.39, 0.29) is 60.4 Å². The second-order valence-electron chi connectivity index (χ2n) is 13.1. The Morgan fingerprint density at radius 1 is 1.00 bits per heavy atom. The molecule has 0 radical (unpaired) electrons. The summed E-state index contributed by atoms with van der Waals surface area (Å²) >= 11 is 0. The lowest BCUT2D eigenvalue weighted by Gasteiger charge is -2.31. The molecular weight excluding hydrogens is 608 g/mol. The number of rotatable bonds is 8. The predicted octanol–water partition coefficient (Wildman–Crippen LogP) is 5.21. The molecule has 3 N–H and O–H groups in total. The zero-order valence-corrected chi connectivity index (χ0v) is 25.2. The van der Waals surface area contributed by atoms with Gasteiger partial charge in [-0.25, -0.2) is 4.39 Å². The molecule has 2 aromatic carbocycles. The summed E-state index contributed by atoms with van der Waals surface area (Å²) in [5.41, 5.74) is 0.805. The van der Waals surface area contributed by atoms with Gasteiger partial charge < -0.3 is 30.0 Å². The van der Waals surface area contributed by atoms with Gasteiger partial charge in [0.25, 0.3) is 5.91 Å². The number of carbonyl (C=O) groups excluding carboxylic acids is 2. The first kappa shape index (κ1) is 31.1. The maximum Gasteiger partial charge on any atom is 0.419 e. The number of amides is 2. The molecule has 2 aromatic rings. The highest BCUT2D eigenvalue weighted by Gasteiger charge is 2.53. The molecule has 46 heavy (non-hydrogen) atoms. The number of carbonyl (C=O) groups is 2. The Morgan fingerprint density at radius 3 is 2.50 bits per heavy atom. The molecule has 8 atom stereocenters. The van der Waals surface area contributed by atoms with Crippen LogP contribution in [0.3, 0.4) is 0 Å². The number of hydrogen-bond donors (Lipinski definition) is 3. The summed E-state index contributed by atoms with van der Waals surface area (Å²) in [5.74, 6) is -1.74. The zero-order chi connectivity index (χ0) is 32.3. The van der Waals surface area contributed by atoms with Crippen molar-refractivity contribution in [3.05, 3.63) is 70.6 Å². The van der Waals surface area contributed by atoms with E-state index in [0.717, 1.165) is 37.3 Å². The molecule has 3 saturated carbocycles. The maximum absolute atomic E-state index is 14.0. The van der Waals surface area contributed by atoms with Gasteiger partial charge in [-0.1, -0.05) is 17.7 Å². The summed E-state index contributed by atoms with van der Waals surface area (Å²) in [7, 11) is 1.48. The Morgan fingerprint density at radius 2 is 1.76 bits per heavy atom. The van der Waals surface area contributed by atoms with Crippen molar-refractivity contribution in [2.45, 2.75) is 68.6 Å². The van der Waals surface area contributed by atoms with Crippen molar-refractivity contribution >= 4 is 17.5 Å². The summed E-state index contributed by atoms with van der Waals surface area (Å²) in [6, 6.07) is 7.37. The van der Waals surface area contributed by atoms with Gasteiger partial charge in [0.2, 0.25) is 5.91 Å².